The van der Waals surface area contributed by atoms with Crippen molar-refractivity contribution in [3.63, 3.8) is 0 Å². The Morgan fingerprint density at radius 2 is 1.13 bits per heavy atom. The van der Waals surface area contributed by atoms with Gasteiger partial charge >= 0.3 is 7.12 Å². The molecule has 10 nitrogen and oxygen atoms in total. The van der Waals surface area contributed by atoms with Crippen LogP contribution in [0.5, 0.6) is 0 Å². The summed E-state index contributed by atoms with van der Waals surface area (Å²) >= 11 is 3.22. The molecule has 1 saturated heterocycles. The molecular weight excluding hydrogens is 635 g/mol. The molecular formula is C33H34BBrN6O4. The predicted molar refractivity (Wildman–Crippen MR) is 179 cm³/mol. The van der Waals surface area contributed by atoms with Crippen LogP contribution in [-0.2, 0) is 9.31 Å². The number of hydrogen-bond donors (Lipinski definition) is 0. The van der Waals surface area contributed by atoms with Gasteiger partial charge < -0.3 is 19.0 Å². The SMILES string of the molecule is C.CC(=O)c1ccc(Br)cn1.[C-]#[N+]c1ccc(-c2ccc(C(C)=O)nc2)cn1.[C-]#[N+]c1ccc(B2OC(C)(C)C(C)(C)O2)cn1. The zero-order valence-corrected chi connectivity index (χ0v) is 26.8. The van der Waals surface area contributed by atoms with Crippen LogP contribution in [0, 0.1) is 13.1 Å². The number of halogens is 1. The molecule has 0 amide bonds. The summed E-state index contributed by atoms with van der Waals surface area (Å²) < 4.78 is 12.7. The van der Waals surface area contributed by atoms with Gasteiger partial charge in [-0.2, -0.15) is 0 Å². The molecule has 0 aromatic carbocycles. The minimum Gasteiger partial charge on any atom is -0.399 e. The third-order valence-electron chi connectivity index (χ3n) is 6.82. The van der Waals surface area contributed by atoms with Gasteiger partial charge in [0.15, 0.2) is 11.6 Å². The third-order valence-corrected chi connectivity index (χ3v) is 7.29. The molecule has 4 aromatic rings. The highest BCUT2D eigenvalue weighted by Gasteiger charge is 2.52. The molecule has 0 radical (unpaired) electrons. The molecule has 5 heterocycles. The molecule has 0 unspecified atom stereocenters. The highest BCUT2D eigenvalue weighted by Crippen LogP contribution is 2.36. The van der Waals surface area contributed by atoms with Crippen molar-refractivity contribution in [2.75, 3.05) is 0 Å². The molecule has 1 fully saturated rings. The topological polar surface area (TPSA) is 113 Å². The highest BCUT2D eigenvalue weighted by molar-refractivity contribution is 9.10. The number of Topliss-reactive ketones (excluding diaryl/α,β-unsaturated/α-hetero) is 2. The van der Waals surface area contributed by atoms with Crippen molar-refractivity contribution < 1.29 is 18.9 Å². The smallest absolute Gasteiger partial charge is 0.399 e. The van der Waals surface area contributed by atoms with Gasteiger partial charge in [0.1, 0.15) is 23.8 Å². The highest BCUT2D eigenvalue weighted by atomic mass is 79.9. The van der Waals surface area contributed by atoms with Gasteiger partial charge in [-0.15, -0.1) is 9.97 Å². The van der Waals surface area contributed by atoms with E-state index in [4.69, 9.17) is 22.5 Å². The number of carbonyl (C=O) groups excluding carboxylic acids is 2. The van der Waals surface area contributed by atoms with Crippen LogP contribution in [-0.4, -0.2) is 49.8 Å². The summed E-state index contributed by atoms with van der Waals surface area (Å²) in [7, 11) is -0.410. The Morgan fingerprint density at radius 3 is 1.49 bits per heavy atom. The predicted octanol–water partition coefficient (Wildman–Crippen LogP) is 7.51. The van der Waals surface area contributed by atoms with Gasteiger partial charge in [-0.25, -0.2) is 0 Å². The second-order valence-corrected chi connectivity index (χ2v) is 11.5. The molecule has 0 aliphatic carbocycles. The standard InChI is InChI=1S/C13H9N3O.C12H15BN2O2.C7H6BrNO.CH4/c1-9(17)12-5-3-10(7-15-12)11-4-6-13(14-2)16-8-11;1-11(2)12(3,4)17-13(16-11)9-6-7-10(14-5)15-8-9;1-5(10)7-3-2-6(8)4-9-7;/h3-8H,1H3;6-8H,1-4H3;2-4H,1H3;1H4. The molecule has 0 saturated carbocycles. The Morgan fingerprint density at radius 1 is 0.689 bits per heavy atom. The van der Waals surface area contributed by atoms with Gasteiger partial charge in [0.05, 0.1) is 11.2 Å². The summed E-state index contributed by atoms with van der Waals surface area (Å²) in [5, 5.41) is 0. The Bertz CT molecular complexity index is 1660. The van der Waals surface area contributed by atoms with E-state index in [1.807, 2.05) is 45.9 Å². The maximum Gasteiger partial charge on any atom is 0.498 e. The number of nitrogens with zero attached hydrogens (tertiary/aromatic N) is 6. The summed E-state index contributed by atoms with van der Waals surface area (Å²) in [4.78, 5) is 44.2. The zero-order valence-electron chi connectivity index (χ0n) is 25.2. The lowest BCUT2D eigenvalue weighted by Crippen LogP contribution is -2.41. The monoisotopic (exact) mass is 668 g/mol. The van der Waals surface area contributed by atoms with Crippen LogP contribution >= 0.6 is 15.9 Å². The average Bonchev–Trinajstić information content (AvgIpc) is 3.24. The first-order valence-corrected chi connectivity index (χ1v) is 14.2. The van der Waals surface area contributed by atoms with E-state index < -0.39 is 7.12 Å². The van der Waals surface area contributed by atoms with Crippen molar-refractivity contribution in [3.05, 3.63) is 112 Å². The van der Waals surface area contributed by atoms with E-state index in [0.717, 1.165) is 21.1 Å². The maximum absolute atomic E-state index is 11.1. The van der Waals surface area contributed by atoms with Crippen LogP contribution in [0.4, 0.5) is 11.6 Å². The van der Waals surface area contributed by atoms with E-state index in [1.54, 1.807) is 55.1 Å². The molecule has 1 aliphatic rings. The van der Waals surface area contributed by atoms with Crippen molar-refractivity contribution in [1.82, 2.24) is 19.9 Å². The number of carbonyl (C=O) groups is 2. The van der Waals surface area contributed by atoms with Gasteiger partial charge in [0.25, 0.3) is 11.6 Å². The number of ketones is 2. The van der Waals surface area contributed by atoms with E-state index in [1.165, 1.54) is 13.8 Å². The third kappa shape index (κ3) is 9.95. The summed E-state index contributed by atoms with van der Waals surface area (Å²) in [5.41, 5.74) is 2.84. The Balaban J connectivity index is 0.000000241. The largest absolute Gasteiger partial charge is 0.498 e. The van der Waals surface area contributed by atoms with Crippen LogP contribution in [0.3, 0.4) is 0 Å². The van der Waals surface area contributed by atoms with E-state index >= 15 is 0 Å². The fraction of sp³-hybridized carbons (Fsp3) is 0.273. The van der Waals surface area contributed by atoms with E-state index in [9.17, 15) is 9.59 Å². The first-order valence-electron chi connectivity index (χ1n) is 13.4. The van der Waals surface area contributed by atoms with Gasteiger partial charge in [-0.1, -0.05) is 38.8 Å². The fourth-order valence-electron chi connectivity index (χ4n) is 3.56. The Hall–Kier alpha value is -4.62. The van der Waals surface area contributed by atoms with Crippen LogP contribution in [0.2, 0.25) is 0 Å². The lowest BCUT2D eigenvalue weighted by Gasteiger charge is -2.32. The number of hydrogen-bond acceptors (Lipinski definition) is 8. The quantitative estimate of drug-likeness (QED) is 0.125. The van der Waals surface area contributed by atoms with Crippen molar-refractivity contribution in [3.8, 4) is 11.1 Å². The molecule has 0 atom stereocenters. The van der Waals surface area contributed by atoms with Crippen LogP contribution in [0.25, 0.3) is 20.8 Å². The number of pyridine rings is 4. The fourth-order valence-corrected chi connectivity index (χ4v) is 3.80. The minimum atomic E-state index is -0.410. The molecule has 12 heteroatoms. The average molecular weight is 669 g/mol. The van der Waals surface area contributed by atoms with Gasteiger partial charge in [-0.05, 0) is 74.0 Å². The molecule has 1 aliphatic heterocycles. The summed E-state index contributed by atoms with van der Waals surface area (Å²) in [6.45, 7) is 24.7. The second kappa shape index (κ2) is 15.9. The normalized spacial score (nSPS) is 13.8. The molecule has 5 rings (SSSR count). The summed E-state index contributed by atoms with van der Waals surface area (Å²) in [6, 6.07) is 13.9. The van der Waals surface area contributed by atoms with Gasteiger partial charge in [-0.3, -0.25) is 19.6 Å². The van der Waals surface area contributed by atoms with E-state index in [0.29, 0.717) is 23.0 Å². The second-order valence-electron chi connectivity index (χ2n) is 10.6. The Labute approximate surface area is 273 Å². The van der Waals surface area contributed by atoms with Crippen LogP contribution in [0.1, 0.15) is 69.9 Å². The Kier molecular flexibility index (Phi) is 12.9. The molecule has 0 spiro atoms. The number of rotatable bonds is 4. The first-order chi connectivity index (χ1) is 20.8. The van der Waals surface area contributed by atoms with Crippen molar-refractivity contribution in [1.29, 1.82) is 0 Å². The van der Waals surface area contributed by atoms with Crippen LogP contribution < -0.4 is 5.46 Å². The summed E-state index contributed by atoms with van der Waals surface area (Å²) in [6.07, 6.45) is 6.50. The zero-order chi connectivity index (χ0) is 32.5. The molecule has 230 valence electrons. The molecule has 0 bridgehead atoms. The van der Waals surface area contributed by atoms with Crippen molar-refractivity contribution in [2.45, 2.75) is 60.2 Å². The summed E-state index contributed by atoms with van der Waals surface area (Å²) in [5.74, 6) is 0.679. The van der Waals surface area contributed by atoms with Crippen molar-refractivity contribution in [2.24, 2.45) is 0 Å². The van der Waals surface area contributed by atoms with Gasteiger partial charge in [0, 0.05) is 47.3 Å². The molecule has 0 N–H and O–H groups in total. The maximum atomic E-state index is 11.1. The van der Waals surface area contributed by atoms with E-state index in [2.05, 4.69) is 45.6 Å². The number of aromatic nitrogens is 4. The van der Waals surface area contributed by atoms with Crippen LogP contribution in [0.15, 0.2) is 77.8 Å². The lowest BCUT2D eigenvalue weighted by molar-refractivity contribution is 0.00578. The van der Waals surface area contributed by atoms with E-state index in [-0.39, 0.29) is 30.2 Å². The molecule has 45 heavy (non-hydrogen) atoms. The van der Waals surface area contributed by atoms with Crippen molar-refractivity contribution >= 4 is 51.7 Å². The minimum absolute atomic E-state index is 0. The first kappa shape index (κ1) is 36.6. The lowest BCUT2D eigenvalue weighted by atomic mass is 9.80. The van der Waals surface area contributed by atoms with Gasteiger partial charge in [0.2, 0.25) is 0 Å². The molecule has 4 aromatic heterocycles.